The minimum Gasteiger partial charge on any atom is -0.325 e. The summed E-state index contributed by atoms with van der Waals surface area (Å²) in [5.74, 6) is -0.725. The summed E-state index contributed by atoms with van der Waals surface area (Å²) in [5.41, 5.74) is 4.63. The van der Waals surface area contributed by atoms with Gasteiger partial charge in [0.2, 0.25) is 5.91 Å². The summed E-state index contributed by atoms with van der Waals surface area (Å²) in [5, 5.41) is 2.99. The van der Waals surface area contributed by atoms with Gasteiger partial charge in [0, 0.05) is 23.6 Å². The number of para-hydroxylation sites is 1. The Morgan fingerprint density at radius 3 is 2.14 bits per heavy atom. The zero-order valence-electron chi connectivity index (χ0n) is 19.1. The number of benzene rings is 3. The first-order valence-electron chi connectivity index (χ1n) is 10.7. The van der Waals surface area contributed by atoms with Crippen LogP contribution in [0.2, 0.25) is 0 Å². The van der Waals surface area contributed by atoms with Gasteiger partial charge in [0.15, 0.2) is 4.34 Å². The molecule has 0 saturated carbocycles. The van der Waals surface area contributed by atoms with Crippen LogP contribution < -0.4 is 10.2 Å². The van der Waals surface area contributed by atoms with Gasteiger partial charge >= 0.3 is 0 Å². The summed E-state index contributed by atoms with van der Waals surface area (Å²) < 4.78 is 3.84. The fourth-order valence-electron chi connectivity index (χ4n) is 3.99. The highest BCUT2D eigenvalue weighted by atomic mass is 79.9. The Morgan fingerprint density at radius 2 is 1.54 bits per heavy atom. The summed E-state index contributed by atoms with van der Waals surface area (Å²) in [6, 6.07) is 11.1. The lowest BCUT2D eigenvalue weighted by atomic mass is 10.1. The second-order valence-corrected chi connectivity index (χ2v) is 13.6. The molecule has 37 heavy (non-hydrogen) atoms. The van der Waals surface area contributed by atoms with E-state index >= 15 is 0 Å². The predicted octanol–water partition coefficient (Wildman–Crippen LogP) is 8.49. The normalized spacial score (nSPS) is 13.0. The number of thiazole rings is 1. The van der Waals surface area contributed by atoms with Gasteiger partial charge in [0.1, 0.15) is 0 Å². The van der Waals surface area contributed by atoms with E-state index in [-0.39, 0.29) is 11.7 Å². The number of carbonyl (C=O) groups is 3. The number of hydrogen-bond donors (Lipinski definition) is 1. The molecule has 1 aliphatic heterocycles. The molecule has 3 aromatic carbocycles. The number of aryl methyl sites for hydroxylation is 2. The van der Waals surface area contributed by atoms with Crippen molar-refractivity contribution in [2.24, 2.45) is 0 Å². The average molecular weight is 789 g/mol. The van der Waals surface area contributed by atoms with E-state index in [1.165, 1.54) is 28.0 Å². The van der Waals surface area contributed by atoms with Crippen LogP contribution >= 0.6 is 86.8 Å². The first-order chi connectivity index (χ1) is 17.6. The molecule has 5 rings (SSSR count). The molecule has 0 aliphatic carbocycles. The topological polar surface area (TPSA) is 79.4 Å². The van der Waals surface area contributed by atoms with Crippen molar-refractivity contribution in [3.8, 4) is 0 Å². The van der Waals surface area contributed by atoms with Gasteiger partial charge in [-0.3, -0.25) is 14.4 Å². The lowest BCUT2D eigenvalue weighted by molar-refractivity contribution is -0.113. The van der Waals surface area contributed by atoms with Crippen molar-refractivity contribution < 1.29 is 14.4 Å². The molecule has 1 aliphatic rings. The van der Waals surface area contributed by atoms with Gasteiger partial charge in [0.25, 0.3) is 11.8 Å². The van der Waals surface area contributed by atoms with Crippen LogP contribution in [0.25, 0.3) is 10.2 Å². The summed E-state index contributed by atoms with van der Waals surface area (Å²) in [7, 11) is 0. The van der Waals surface area contributed by atoms with Crippen molar-refractivity contribution in [2.45, 2.75) is 18.2 Å². The van der Waals surface area contributed by atoms with Crippen LogP contribution in [0, 0.1) is 13.8 Å². The van der Waals surface area contributed by atoms with Gasteiger partial charge < -0.3 is 5.32 Å². The zero-order valence-corrected chi connectivity index (χ0v) is 27.1. The maximum Gasteiger partial charge on any atom is 0.267 e. The highest BCUT2D eigenvalue weighted by Crippen LogP contribution is 2.46. The fourth-order valence-corrected chi connectivity index (χ4v) is 8.35. The lowest BCUT2D eigenvalue weighted by Crippen LogP contribution is -2.29. The largest absolute Gasteiger partial charge is 0.325 e. The first kappa shape index (κ1) is 27.0. The van der Waals surface area contributed by atoms with E-state index in [1.54, 1.807) is 18.2 Å². The monoisotopic (exact) mass is 785 g/mol. The molecule has 0 saturated heterocycles. The molecule has 3 amide bonds. The number of carbonyl (C=O) groups excluding carboxylic acids is 3. The predicted molar refractivity (Wildman–Crippen MR) is 163 cm³/mol. The second-order valence-electron chi connectivity index (χ2n) is 8.19. The molecular formula is C25H15Br4N3O3S2. The molecule has 0 atom stereocenters. The van der Waals surface area contributed by atoms with Crippen LogP contribution in [0.3, 0.4) is 0 Å². The third-order valence-corrected chi connectivity index (χ3v) is 12.7. The third kappa shape index (κ3) is 4.85. The van der Waals surface area contributed by atoms with Crippen LogP contribution in [0.1, 0.15) is 31.8 Å². The quantitative estimate of drug-likeness (QED) is 0.0951. The SMILES string of the molecule is Cc1cccc(C)c1NC(=O)CSc1nc2ccc(N3C(=O)c4c(Br)c(Br)c(Br)c(Br)c4C3=O)cc2s1. The Balaban J connectivity index is 1.37. The average Bonchev–Trinajstić information content (AvgIpc) is 3.39. The van der Waals surface area contributed by atoms with Gasteiger partial charge in [-0.2, -0.15) is 0 Å². The summed E-state index contributed by atoms with van der Waals surface area (Å²) in [4.78, 5) is 45.0. The molecule has 0 unspecified atom stereocenters. The number of hydrogen-bond acceptors (Lipinski definition) is 6. The van der Waals surface area contributed by atoms with Crippen LogP contribution in [0.4, 0.5) is 11.4 Å². The number of anilines is 2. The van der Waals surface area contributed by atoms with E-state index in [2.05, 4.69) is 74.0 Å². The molecule has 0 radical (unpaired) electrons. The zero-order chi connectivity index (χ0) is 26.6. The van der Waals surface area contributed by atoms with Crippen molar-refractivity contribution in [3.63, 3.8) is 0 Å². The summed E-state index contributed by atoms with van der Waals surface area (Å²) in [6.45, 7) is 3.93. The molecule has 0 fully saturated rings. The number of fused-ring (bicyclic) bond motifs is 2. The number of halogens is 4. The number of aromatic nitrogens is 1. The van der Waals surface area contributed by atoms with Crippen LogP contribution in [0.5, 0.6) is 0 Å². The Morgan fingerprint density at radius 1 is 0.946 bits per heavy atom. The Bertz CT molecular complexity index is 1590. The highest BCUT2D eigenvalue weighted by molar-refractivity contribution is 9.15. The van der Waals surface area contributed by atoms with E-state index in [9.17, 15) is 14.4 Å². The molecular weight excluding hydrogens is 774 g/mol. The molecule has 1 N–H and O–H groups in total. The number of rotatable bonds is 5. The van der Waals surface area contributed by atoms with Gasteiger partial charge in [-0.15, -0.1) is 11.3 Å². The van der Waals surface area contributed by atoms with E-state index < -0.39 is 11.8 Å². The highest BCUT2D eigenvalue weighted by Gasteiger charge is 2.42. The molecule has 188 valence electrons. The number of thioether (sulfide) groups is 1. The molecule has 6 nitrogen and oxygen atoms in total. The molecule has 0 bridgehead atoms. The number of nitrogens with zero attached hydrogens (tertiary/aromatic N) is 2. The van der Waals surface area contributed by atoms with Crippen molar-refractivity contribution in [1.29, 1.82) is 0 Å². The molecule has 12 heteroatoms. The van der Waals surface area contributed by atoms with E-state index in [0.29, 0.717) is 34.7 Å². The third-order valence-electron chi connectivity index (χ3n) is 5.78. The molecule has 2 heterocycles. The van der Waals surface area contributed by atoms with E-state index in [1.807, 2.05) is 32.0 Å². The van der Waals surface area contributed by atoms with Crippen LogP contribution in [-0.2, 0) is 4.79 Å². The van der Waals surface area contributed by atoms with Gasteiger partial charge in [-0.25, -0.2) is 9.88 Å². The van der Waals surface area contributed by atoms with Gasteiger partial charge in [-0.1, -0.05) is 30.0 Å². The van der Waals surface area contributed by atoms with E-state index in [0.717, 1.165) is 31.4 Å². The summed E-state index contributed by atoms with van der Waals surface area (Å²) in [6.07, 6.45) is 0. The van der Waals surface area contributed by atoms with Crippen LogP contribution in [0.15, 0.2) is 58.6 Å². The molecule has 0 spiro atoms. The Hall–Kier alpha value is -1.57. The number of amides is 3. The smallest absolute Gasteiger partial charge is 0.267 e. The number of nitrogens with one attached hydrogen (secondary N) is 1. The van der Waals surface area contributed by atoms with Gasteiger partial charge in [0.05, 0.1) is 32.8 Å². The minimum atomic E-state index is -0.414. The maximum absolute atomic E-state index is 13.3. The van der Waals surface area contributed by atoms with Crippen LogP contribution in [-0.4, -0.2) is 28.5 Å². The Kier molecular flexibility index (Phi) is 7.69. The minimum absolute atomic E-state index is 0.109. The van der Waals surface area contributed by atoms with Crippen molar-refractivity contribution in [3.05, 3.63) is 76.5 Å². The number of imide groups is 1. The molecule has 4 aromatic rings. The van der Waals surface area contributed by atoms with Crippen molar-refractivity contribution >= 4 is 126 Å². The van der Waals surface area contributed by atoms with Crippen molar-refractivity contribution in [2.75, 3.05) is 16.0 Å². The fraction of sp³-hybridized carbons (Fsp3) is 0.120. The summed E-state index contributed by atoms with van der Waals surface area (Å²) >= 11 is 16.5. The second kappa shape index (κ2) is 10.5. The standard InChI is InChI=1S/C25H15Br4N3O3S2/c1-10-4-3-5-11(2)22(10)31-15(33)9-36-25-30-13-7-6-12(8-14(13)37-25)32-23(34)16-17(24(32)35)19(27)21(29)20(28)18(16)26/h3-8H,9H2,1-2H3,(H,31,33). The Labute approximate surface area is 254 Å². The molecule has 1 aromatic heterocycles. The van der Waals surface area contributed by atoms with E-state index in [4.69, 9.17) is 0 Å². The first-order valence-corrected chi connectivity index (χ1v) is 15.7. The maximum atomic E-state index is 13.3. The lowest BCUT2D eigenvalue weighted by Gasteiger charge is -2.13. The van der Waals surface area contributed by atoms with Gasteiger partial charge in [-0.05, 0) is 107 Å². The van der Waals surface area contributed by atoms with Crippen molar-refractivity contribution in [1.82, 2.24) is 4.98 Å².